The lowest BCUT2D eigenvalue weighted by molar-refractivity contribution is 0.246. The first-order chi connectivity index (χ1) is 14.6. The van der Waals surface area contributed by atoms with Gasteiger partial charge in [0.25, 0.3) is 0 Å². The van der Waals surface area contributed by atoms with Crippen LogP contribution in [0.5, 0.6) is 0 Å². The molecule has 1 aliphatic heterocycles. The fraction of sp³-hybridized carbons (Fsp3) is 0.227. The quantitative estimate of drug-likeness (QED) is 0.638. The van der Waals surface area contributed by atoms with Gasteiger partial charge in [-0.3, -0.25) is 4.90 Å². The van der Waals surface area contributed by atoms with Gasteiger partial charge in [0, 0.05) is 18.8 Å². The molecular weight excluding hydrogens is 383 g/mol. The molecule has 0 aliphatic carbocycles. The van der Waals surface area contributed by atoms with E-state index in [1.165, 1.54) is 22.4 Å². The molecule has 7 nitrogen and oxygen atoms in total. The summed E-state index contributed by atoms with van der Waals surface area (Å²) < 4.78 is 14.6. The Balaban J connectivity index is 1.37. The molecule has 30 heavy (non-hydrogen) atoms. The van der Waals surface area contributed by atoms with Crippen molar-refractivity contribution in [3.8, 4) is 11.8 Å². The van der Waals surface area contributed by atoms with Gasteiger partial charge in [0.2, 0.25) is 0 Å². The van der Waals surface area contributed by atoms with Crippen molar-refractivity contribution in [2.24, 2.45) is 0 Å². The minimum Gasteiger partial charge on any atom is -0.382 e. The Labute approximate surface area is 173 Å². The Bertz CT molecular complexity index is 1120. The van der Waals surface area contributed by atoms with E-state index in [-0.39, 0.29) is 17.7 Å². The molecule has 0 radical (unpaired) electrons. The molecule has 152 valence electrons. The molecule has 0 unspecified atom stereocenters. The zero-order valence-corrected chi connectivity index (χ0v) is 16.3. The molecular formula is C22H21FN6O. The summed E-state index contributed by atoms with van der Waals surface area (Å²) in [6.45, 7) is 1.12. The van der Waals surface area contributed by atoms with E-state index in [2.05, 4.69) is 16.5 Å². The smallest absolute Gasteiger partial charge is 0.321 e. The van der Waals surface area contributed by atoms with E-state index in [9.17, 15) is 14.4 Å². The van der Waals surface area contributed by atoms with E-state index in [0.29, 0.717) is 42.9 Å². The van der Waals surface area contributed by atoms with Gasteiger partial charge in [-0.15, -0.1) is 0 Å². The number of hydrogen-bond donors (Lipinski definition) is 2. The predicted octanol–water partition coefficient (Wildman–Crippen LogP) is 3.17. The van der Waals surface area contributed by atoms with E-state index >= 15 is 0 Å². The van der Waals surface area contributed by atoms with Crippen molar-refractivity contribution in [2.75, 3.05) is 23.7 Å². The molecule has 0 saturated carbocycles. The van der Waals surface area contributed by atoms with E-state index < -0.39 is 0 Å². The van der Waals surface area contributed by atoms with Crippen molar-refractivity contribution >= 4 is 17.5 Å². The summed E-state index contributed by atoms with van der Waals surface area (Å²) in [5, 5.41) is 16.8. The van der Waals surface area contributed by atoms with Crippen LogP contribution in [0.3, 0.4) is 0 Å². The molecule has 0 spiro atoms. The first-order valence-electron chi connectivity index (χ1n) is 9.75. The number of anilines is 2. The fourth-order valence-corrected chi connectivity index (χ4v) is 3.65. The molecule has 4 rings (SSSR count). The van der Waals surface area contributed by atoms with Gasteiger partial charge < -0.3 is 11.1 Å². The number of aromatic nitrogens is 2. The van der Waals surface area contributed by atoms with Crippen LogP contribution in [0, 0.1) is 17.1 Å². The largest absolute Gasteiger partial charge is 0.382 e. The molecule has 0 atom stereocenters. The molecule has 1 aromatic heterocycles. The fourth-order valence-electron chi connectivity index (χ4n) is 3.65. The average Bonchev–Trinajstić information content (AvgIpc) is 3.32. The molecule has 0 saturated heterocycles. The van der Waals surface area contributed by atoms with Gasteiger partial charge in [-0.05, 0) is 55.2 Å². The van der Waals surface area contributed by atoms with Crippen LogP contribution in [0.2, 0.25) is 0 Å². The Morgan fingerprint density at radius 1 is 1.23 bits per heavy atom. The van der Waals surface area contributed by atoms with Gasteiger partial charge in [-0.1, -0.05) is 18.2 Å². The maximum absolute atomic E-state index is 13.2. The predicted molar refractivity (Wildman–Crippen MR) is 112 cm³/mol. The summed E-state index contributed by atoms with van der Waals surface area (Å²) >= 11 is 0. The molecule has 2 aromatic carbocycles. The molecule has 3 N–H and O–H groups in total. The van der Waals surface area contributed by atoms with Crippen molar-refractivity contribution in [1.82, 2.24) is 15.1 Å². The number of hydrogen-bond acceptors (Lipinski definition) is 4. The second kappa shape index (κ2) is 8.25. The molecule has 2 amide bonds. The van der Waals surface area contributed by atoms with Gasteiger partial charge in [-0.2, -0.15) is 10.4 Å². The van der Waals surface area contributed by atoms with Gasteiger partial charge in [0.1, 0.15) is 23.3 Å². The third-order valence-electron chi connectivity index (χ3n) is 5.18. The van der Waals surface area contributed by atoms with Crippen molar-refractivity contribution < 1.29 is 9.18 Å². The first kappa shape index (κ1) is 19.5. The summed E-state index contributed by atoms with van der Waals surface area (Å²) in [7, 11) is 0. The number of nitrogen functional groups attached to an aromatic ring is 1. The zero-order chi connectivity index (χ0) is 21.1. The zero-order valence-electron chi connectivity index (χ0n) is 16.3. The second-order valence-electron chi connectivity index (χ2n) is 7.07. The van der Waals surface area contributed by atoms with Crippen molar-refractivity contribution in [3.05, 3.63) is 71.2 Å². The highest BCUT2D eigenvalue weighted by atomic mass is 19.1. The monoisotopic (exact) mass is 404 g/mol. The number of carbonyl (C=O) groups excluding carboxylic acids is 1. The minimum absolute atomic E-state index is 0.128. The maximum atomic E-state index is 13.2. The van der Waals surface area contributed by atoms with E-state index in [4.69, 9.17) is 5.73 Å². The van der Waals surface area contributed by atoms with Gasteiger partial charge in [0.05, 0.1) is 11.4 Å². The van der Waals surface area contributed by atoms with E-state index in [1.807, 2.05) is 24.3 Å². The summed E-state index contributed by atoms with van der Waals surface area (Å²) in [4.78, 5) is 14.3. The average molecular weight is 404 g/mol. The first-order valence-corrected chi connectivity index (χ1v) is 9.75. The standard InChI is InChI=1S/C22H21FN6O/c23-16-7-9-17(10-8-16)29-21(25)18(14-24)19(27-29)5-3-12-26-22(30)28-13-11-15-4-1-2-6-20(15)28/h1-2,4,6-10H,3,5,11-13,25H2,(H,26,30). The van der Waals surface area contributed by atoms with Crippen LogP contribution in [-0.4, -0.2) is 28.9 Å². The number of halogens is 1. The van der Waals surface area contributed by atoms with Crippen LogP contribution in [0.15, 0.2) is 48.5 Å². The summed E-state index contributed by atoms with van der Waals surface area (Å²) in [6, 6.07) is 15.6. The van der Waals surface area contributed by atoms with Crippen LogP contribution in [0.1, 0.15) is 23.2 Å². The van der Waals surface area contributed by atoms with Gasteiger partial charge >= 0.3 is 6.03 Å². The number of nitriles is 1. The van der Waals surface area contributed by atoms with Crippen molar-refractivity contribution in [1.29, 1.82) is 5.26 Å². The number of nitrogens with one attached hydrogen (secondary N) is 1. The molecule has 1 aliphatic rings. The summed E-state index contributed by atoms with van der Waals surface area (Å²) in [5.74, 6) is -0.140. The molecule has 2 heterocycles. The molecule has 0 fully saturated rings. The Morgan fingerprint density at radius 2 is 2.00 bits per heavy atom. The van der Waals surface area contributed by atoms with Crippen LogP contribution < -0.4 is 16.0 Å². The molecule has 3 aromatic rings. The SMILES string of the molecule is N#Cc1c(CCCNC(=O)N2CCc3ccccc32)nn(-c2ccc(F)cc2)c1N. The summed E-state index contributed by atoms with van der Waals surface area (Å²) in [6.07, 6.45) is 1.95. The minimum atomic E-state index is -0.360. The highest BCUT2D eigenvalue weighted by molar-refractivity contribution is 5.94. The van der Waals surface area contributed by atoms with Crippen LogP contribution >= 0.6 is 0 Å². The number of rotatable bonds is 5. The van der Waals surface area contributed by atoms with Gasteiger partial charge in [-0.25, -0.2) is 13.9 Å². The molecule has 8 heteroatoms. The normalized spacial score (nSPS) is 12.5. The third-order valence-corrected chi connectivity index (χ3v) is 5.18. The lowest BCUT2D eigenvalue weighted by Gasteiger charge is -2.17. The number of fused-ring (bicyclic) bond motifs is 1. The van der Waals surface area contributed by atoms with E-state index in [1.54, 1.807) is 17.0 Å². The number of benzene rings is 2. The maximum Gasteiger partial charge on any atom is 0.321 e. The van der Waals surface area contributed by atoms with Crippen molar-refractivity contribution in [3.63, 3.8) is 0 Å². The number of urea groups is 1. The van der Waals surface area contributed by atoms with Crippen LogP contribution in [0.4, 0.5) is 20.7 Å². The number of aryl methyl sites for hydroxylation is 1. The Hall–Kier alpha value is -3.86. The number of nitrogens with zero attached hydrogens (tertiary/aromatic N) is 4. The number of nitrogens with two attached hydrogens (primary N) is 1. The second-order valence-corrected chi connectivity index (χ2v) is 7.07. The van der Waals surface area contributed by atoms with Crippen LogP contribution in [-0.2, 0) is 12.8 Å². The Kier molecular flexibility index (Phi) is 5.35. The topological polar surface area (TPSA) is 100.0 Å². The number of amides is 2. The lowest BCUT2D eigenvalue weighted by Crippen LogP contribution is -2.39. The highest BCUT2D eigenvalue weighted by Crippen LogP contribution is 2.27. The Morgan fingerprint density at radius 3 is 2.77 bits per heavy atom. The van der Waals surface area contributed by atoms with Gasteiger partial charge in [0.15, 0.2) is 0 Å². The molecule has 0 bridgehead atoms. The van der Waals surface area contributed by atoms with Crippen molar-refractivity contribution in [2.45, 2.75) is 19.3 Å². The highest BCUT2D eigenvalue weighted by Gasteiger charge is 2.23. The van der Waals surface area contributed by atoms with E-state index in [0.717, 1.165) is 12.1 Å². The van der Waals surface area contributed by atoms with Crippen LogP contribution in [0.25, 0.3) is 5.69 Å². The third kappa shape index (κ3) is 3.70. The lowest BCUT2D eigenvalue weighted by atomic mass is 10.1. The summed E-state index contributed by atoms with van der Waals surface area (Å²) in [5.41, 5.74) is 9.64. The number of para-hydroxylation sites is 1. The number of carbonyl (C=O) groups is 1.